The first-order valence-corrected chi connectivity index (χ1v) is 5.67. The second-order valence-corrected chi connectivity index (χ2v) is 4.94. The Kier molecular flexibility index (Phi) is 4.47. The fourth-order valence-electron chi connectivity index (χ4n) is 1.41. The summed E-state index contributed by atoms with van der Waals surface area (Å²) in [7, 11) is 0. The highest BCUT2D eigenvalue weighted by atomic mass is 19.1. The van der Waals surface area contributed by atoms with Gasteiger partial charge in [-0.15, -0.1) is 0 Å². The molecule has 0 fully saturated rings. The summed E-state index contributed by atoms with van der Waals surface area (Å²) in [5.74, 6) is -2.07. The number of hydrogen-bond donors (Lipinski definition) is 2. The monoisotopic (exact) mass is 269 g/mol. The van der Waals surface area contributed by atoms with Gasteiger partial charge < -0.3 is 15.2 Å². The van der Waals surface area contributed by atoms with Gasteiger partial charge in [0.05, 0.1) is 0 Å². The van der Waals surface area contributed by atoms with E-state index in [1.54, 1.807) is 20.8 Å². The van der Waals surface area contributed by atoms with Crippen molar-refractivity contribution in [1.82, 2.24) is 5.32 Å². The smallest absolute Gasteiger partial charge is 0.408 e. The maximum absolute atomic E-state index is 13.5. The lowest BCUT2D eigenvalue weighted by molar-refractivity contribution is -0.139. The highest BCUT2D eigenvalue weighted by molar-refractivity contribution is 5.81. The molecule has 0 radical (unpaired) electrons. The molecular weight excluding hydrogens is 253 g/mol. The van der Waals surface area contributed by atoms with Gasteiger partial charge in [0.1, 0.15) is 11.4 Å². The number of hydrogen-bond acceptors (Lipinski definition) is 3. The summed E-state index contributed by atoms with van der Waals surface area (Å²) in [4.78, 5) is 22.7. The van der Waals surface area contributed by atoms with Crippen molar-refractivity contribution in [2.45, 2.75) is 32.4 Å². The van der Waals surface area contributed by atoms with Gasteiger partial charge in [-0.05, 0) is 26.8 Å². The molecule has 1 aromatic carbocycles. The Labute approximate surface area is 110 Å². The molecule has 1 amide bonds. The van der Waals surface area contributed by atoms with Crippen LogP contribution in [0.5, 0.6) is 0 Å². The lowest BCUT2D eigenvalue weighted by Gasteiger charge is -2.22. The minimum absolute atomic E-state index is 0.124. The van der Waals surface area contributed by atoms with Crippen molar-refractivity contribution in [3.63, 3.8) is 0 Å². The highest BCUT2D eigenvalue weighted by Crippen LogP contribution is 2.18. The molecule has 1 aromatic rings. The molecule has 0 aliphatic carbocycles. The van der Waals surface area contributed by atoms with Crippen molar-refractivity contribution in [2.75, 3.05) is 0 Å². The van der Waals surface area contributed by atoms with Crippen LogP contribution >= 0.6 is 0 Å². The summed E-state index contributed by atoms with van der Waals surface area (Å²) < 4.78 is 18.5. The van der Waals surface area contributed by atoms with Gasteiger partial charge in [-0.2, -0.15) is 0 Å². The first-order chi connectivity index (χ1) is 8.70. The van der Waals surface area contributed by atoms with Gasteiger partial charge in [0.2, 0.25) is 0 Å². The van der Waals surface area contributed by atoms with Crippen LogP contribution < -0.4 is 5.32 Å². The van der Waals surface area contributed by atoms with Crippen LogP contribution in [0.25, 0.3) is 0 Å². The van der Waals surface area contributed by atoms with Gasteiger partial charge >= 0.3 is 12.1 Å². The van der Waals surface area contributed by atoms with Gasteiger partial charge in [-0.1, -0.05) is 18.2 Å². The van der Waals surface area contributed by atoms with Crippen LogP contribution in [0.1, 0.15) is 32.4 Å². The topological polar surface area (TPSA) is 75.6 Å². The lowest BCUT2D eigenvalue weighted by atomic mass is 10.1. The lowest BCUT2D eigenvalue weighted by Crippen LogP contribution is -2.38. The fraction of sp³-hybridized carbons (Fsp3) is 0.385. The molecule has 19 heavy (non-hydrogen) atoms. The van der Waals surface area contributed by atoms with Crippen molar-refractivity contribution in [2.24, 2.45) is 0 Å². The summed E-state index contributed by atoms with van der Waals surface area (Å²) in [5, 5.41) is 11.2. The van der Waals surface area contributed by atoms with E-state index in [1.165, 1.54) is 18.2 Å². The highest BCUT2D eigenvalue weighted by Gasteiger charge is 2.27. The molecule has 0 saturated carbocycles. The zero-order valence-corrected chi connectivity index (χ0v) is 10.9. The van der Waals surface area contributed by atoms with Gasteiger partial charge in [0, 0.05) is 5.56 Å². The quantitative estimate of drug-likeness (QED) is 0.883. The number of alkyl carbamates (subject to hydrolysis) is 1. The normalized spacial score (nSPS) is 12.6. The zero-order chi connectivity index (χ0) is 14.6. The number of aliphatic carboxylic acids is 1. The third-order valence-electron chi connectivity index (χ3n) is 2.12. The van der Waals surface area contributed by atoms with E-state index in [2.05, 4.69) is 5.32 Å². The van der Waals surface area contributed by atoms with Crippen molar-refractivity contribution in [1.29, 1.82) is 0 Å². The van der Waals surface area contributed by atoms with E-state index in [4.69, 9.17) is 9.84 Å². The number of carbonyl (C=O) groups is 2. The second-order valence-electron chi connectivity index (χ2n) is 4.94. The number of carboxylic acids is 1. The largest absolute Gasteiger partial charge is 0.479 e. The molecule has 6 heteroatoms. The third kappa shape index (κ3) is 4.57. The average Bonchev–Trinajstić information content (AvgIpc) is 2.24. The first kappa shape index (κ1) is 14.9. The van der Waals surface area contributed by atoms with E-state index in [1.807, 2.05) is 0 Å². The van der Waals surface area contributed by atoms with Gasteiger partial charge in [-0.25, -0.2) is 14.0 Å². The Morgan fingerprint density at radius 1 is 1.32 bits per heavy atom. The molecule has 0 aliphatic heterocycles. The molecule has 0 aliphatic rings. The maximum Gasteiger partial charge on any atom is 0.408 e. The molecule has 1 atom stereocenters. The SMILES string of the molecule is CC(C)(C)OC(=O)NC(C(=O)O)c1ccccc1F. The molecule has 2 N–H and O–H groups in total. The van der Waals surface area contributed by atoms with Gasteiger partial charge in [-0.3, -0.25) is 0 Å². The average molecular weight is 269 g/mol. The number of ether oxygens (including phenoxy) is 1. The number of nitrogens with one attached hydrogen (secondary N) is 1. The van der Waals surface area contributed by atoms with Crippen LogP contribution in [0.15, 0.2) is 24.3 Å². The summed E-state index contributed by atoms with van der Waals surface area (Å²) in [6.07, 6.45) is -0.914. The second kappa shape index (κ2) is 5.69. The van der Waals surface area contributed by atoms with Crippen LogP contribution in [0.3, 0.4) is 0 Å². The molecule has 1 unspecified atom stereocenters. The molecule has 1 rings (SSSR count). The van der Waals surface area contributed by atoms with Crippen LogP contribution in [0.2, 0.25) is 0 Å². The van der Waals surface area contributed by atoms with Crippen LogP contribution in [0.4, 0.5) is 9.18 Å². The maximum atomic E-state index is 13.5. The Morgan fingerprint density at radius 2 is 1.89 bits per heavy atom. The van der Waals surface area contributed by atoms with E-state index in [0.717, 1.165) is 6.07 Å². The molecule has 104 valence electrons. The van der Waals surface area contributed by atoms with E-state index >= 15 is 0 Å². The molecule has 0 heterocycles. The number of halogens is 1. The number of carbonyl (C=O) groups excluding carboxylic acids is 1. The summed E-state index contributed by atoms with van der Waals surface area (Å²) in [6, 6.07) is 3.86. The van der Waals surface area contributed by atoms with E-state index in [9.17, 15) is 14.0 Å². The van der Waals surface area contributed by atoms with Crippen molar-refractivity contribution < 1.29 is 23.8 Å². The number of benzene rings is 1. The Morgan fingerprint density at radius 3 is 2.37 bits per heavy atom. The van der Waals surface area contributed by atoms with Crippen LogP contribution in [-0.2, 0) is 9.53 Å². The van der Waals surface area contributed by atoms with Crippen LogP contribution in [0, 0.1) is 5.82 Å². The summed E-state index contributed by atoms with van der Waals surface area (Å²) in [5.41, 5.74) is -0.886. The Balaban J connectivity index is 2.89. The predicted molar refractivity (Wildman–Crippen MR) is 66.1 cm³/mol. The Hall–Kier alpha value is -2.11. The summed E-state index contributed by atoms with van der Waals surface area (Å²) in [6.45, 7) is 4.93. The first-order valence-electron chi connectivity index (χ1n) is 5.67. The molecule has 0 aromatic heterocycles. The number of rotatable bonds is 3. The minimum atomic E-state index is -1.49. The minimum Gasteiger partial charge on any atom is -0.479 e. The molecule has 5 nitrogen and oxygen atoms in total. The molecule has 0 bridgehead atoms. The zero-order valence-electron chi connectivity index (χ0n) is 10.9. The van der Waals surface area contributed by atoms with Crippen molar-refractivity contribution in [3.8, 4) is 0 Å². The van der Waals surface area contributed by atoms with E-state index < -0.39 is 29.5 Å². The van der Waals surface area contributed by atoms with Crippen molar-refractivity contribution >= 4 is 12.1 Å². The number of carboxylic acid groups (broad SMARTS) is 1. The molecular formula is C13H16FNO4. The standard InChI is InChI=1S/C13H16FNO4/c1-13(2,3)19-12(18)15-10(11(16)17)8-6-4-5-7-9(8)14/h4-7,10H,1-3H3,(H,15,18)(H,16,17). The summed E-state index contributed by atoms with van der Waals surface area (Å²) >= 11 is 0. The van der Waals surface area contributed by atoms with Gasteiger partial charge in [0.25, 0.3) is 0 Å². The van der Waals surface area contributed by atoms with Crippen LogP contribution in [-0.4, -0.2) is 22.8 Å². The van der Waals surface area contributed by atoms with Gasteiger partial charge in [0.15, 0.2) is 6.04 Å². The van der Waals surface area contributed by atoms with E-state index in [-0.39, 0.29) is 5.56 Å². The van der Waals surface area contributed by atoms with Crippen molar-refractivity contribution in [3.05, 3.63) is 35.6 Å². The van der Waals surface area contributed by atoms with E-state index in [0.29, 0.717) is 0 Å². The molecule has 0 saturated heterocycles. The number of amides is 1. The predicted octanol–water partition coefficient (Wildman–Crippen LogP) is 2.48. The molecule has 0 spiro atoms. The third-order valence-corrected chi connectivity index (χ3v) is 2.12. The Bertz CT molecular complexity index is 482. The fourth-order valence-corrected chi connectivity index (χ4v) is 1.41.